The number of ether oxygens (including phenoxy) is 1. The number of rotatable bonds is 5. The van der Waals surface area contributed by atoms with E-state index in [9.17, 15) is 14.7 Å². The number of amides is 1. The van der Waals surface area contributed by atoms with Crippen LogP contribution in [0.4, 0.5) is 0 Å². The van der Waals surface area contributed by atoms with Crippen molar-refractivity contribution in [1.82, 2.24) is 5.32 Å². The van der Waals surface area contributed by atoms with E-state index >= 15 is 0 Å². The molecule has 0 spiro atoms. The second-order valence-corrected chi connectivity index (χ2v) is 6.12. The number of carboxylic acids is 1. The van der Waals surface area contributed by atoms with Crippen LogP contribution in [0.1, 0.15) is 18.4 Å². The molecular weight excluding hydrogens is 290 g/mol. The highest BCUT2D eigenvalue weighted by Crippen LogP contribution is 2.24. The molecule has 0 bridgehead atoms. The number of carbonyl (C=O) groups excluding carboxylic acids is 1. The van der Waals surface area contributed by atoms with Gasteiger partial charge in [-0.1, -0.05) is 18.2 Å². The van der Waals surface area contributed by atoms with Gasteiger partial charge in [-0.3, -0.25) is 4.79 Å². The molecule has 1 fully saturated rings. The normalized spacial score (nSPS) is 17.2. The number of aliphatic carboxylic acids is 1. The van der Waals surface area contributed by atoms with Crippen LogP contribution in [0.2, 0.25) is 0 Å². The van der Waals surface area contributed by atoms with Crippen LogP contribution < -0.4 is 5.32 Å². The van der Waals surface area contributed by atoms with Gasteiger partial charge in [-0.05, 0) is 18.6 Å². The number of benzene rings is 1. The third-order valence-corrected chi connectivity index (χ3v) is 4.76. The van der Waals surface area contributed by atoms with E-state index in [0.717, 1.165) is 10.5 Å². The highest BCUT2D eigenvalue weighted by Gasteiger charge is 2.41. The van der Waals surface area contributed by atoms with E-state index in [1.165, 1.54) is 11.8 Å². The Morgan fingerprint density at radius 1 is 1.33 bits per heavy atom. The zero-order chi connectivity index (χ0) is 15.3. The molecular formula is C15H19NO4S. The second kappa shape index (κ2) is 6.95. The number of carbonyl (C=O) groups is 2. The van der Waals surface area contributed by atoms with Crippen LogP contribution in [-0.2, 0) is 14.3 Å². The van der Waals surface area contributed by atoms with E-state index in [0.29, 0.717) is 26.1 Å². The van der Waals surface area contributed by atoms with Gasteiger partial charge in [0, 0.05) is 31.0 Å². The third kappa shape index (κ3) is 3.98. The predicted octanol–water partition coefficient (Wildman–Crippen LogP) is 1.84. The predicted molar refractivity (Wildman–Crippen MR) is 80.5 cm³/mol. The Hall–Kier alpha value is -1.53. The molecule has 5 nitrogen and oxygen atoms in total. The molecule has 0 saturated carbocycles. The molecule has 2 N–H and O–H groups in total. The Bertz CT molecular complexity index is 526. The molecule has 1 saturated heterocycles. The van der Waals surface area contributed by atoms with Crippen molar-refractivity contribution in [2.45, 2.75) is 30.2 Å². The number of hydrogen-bond donors (Lipinski definition) is 2. The van der Waals surface area contributed by atoms with Crippen LogP contribution >= 0.6 is 11.8 Å². The van der Waals surface area contributed by atoms with Crippen LogP contribution in [-0.4, -0.2) is 41.5 Å². The number of carboxylic acid groups (broad SMARTS) is 1. The zero-order valence-corrected chi connectivity index (χ0v) is 12.7. The first kappa shape index (κ1) is 15.9. The first-order valence-corrected chi connectivity index (χ1v) is 7.83. The van der Waals surface area contributed by atoms with Crippen molar-refractivity contribution in [3.05, 3.63) is 29.8 Å². The summed E-state index contributed by atoms with van der Waals surface area (Å²) in [4.78, 5) is 24.6. The minimum atomic E-state index is -1.18. The average molecular weight is 309 g/mol. The molecule has 2 rings (SSSR count). The van der Waals surface area contributed by atoms with Crippen molar-refractivity contribution in [3.63, 3.8) is 0 Å². The lowest BCUT2D eigenvalue weighted by Crippen LogP contribution is -2.57. The summed E-state index contributed by atoms with van der Waals surface area (Å²) in [5, 5.41) is 12.1. The minimum absolute atomic E-state index is 0.209. The van der Waals surface area contributed by atoms with E-state index in [2.05, 4.69) is 5.32 Å². The number of nitrogens with one attached hydrogen (secondary N) is 1. The minimum Gasteiger partial charge on any atom is -0.480 e. The van der Waals surface area contributed by atoms with Crippen LogP contribution in [0.3, 0.4) is 0 Å². The quantitative estimate of drug-likeness (QED) is 0.812. The molecule has 1 heterocycles. The van der Waals surface area contributed by atoms with Crippen LogP contribution in [0.15, 0.2) is 29.2 Å². The second-order valence-electron chi connectivity index (χ2n) is 5.10. The van der Waals surface area contributed by atoms with Crippen molar-refractivity contribution < 1.29 is 19.4 Å². The SMILES string of the molecule is Cc1ccccc1SCC(=O)NC1(C(=O)O)CCOCC1. The molecule has 114 valence electrons. The van der Waals surface area contributed by atoms with Crippen LogP contribution in [0.25, 0.3) is 0 Å². The number of hydrogen-bond acceptors (Lipinski definition) is 4. The Morgan fingerprint density at radius 2 is 2.00 bits per heavy atom. The van der Waals surface area contributed by atoms with E-state index < -0.39 is 11.5 Å². The largest absolute Gasteiger partial charge is 0.480 e. The molecule has 1 aliphatic rings. The maximum Gasteiger partial charge on any atom is 0.329 e. The van der Waals surface area contributed by atoms with E-state index in [-0.39, 0.29) is 11.7 Å². The van der Waals surface area contributed by atoms with Gasteiger partial charge in [-0.15, -0.1) is 11.8 Å². The van der Waals surface area contributed by atoms with Gasteiger partial charge in [0.2, 0.25) is 5.91 Å². The standard InChI is InChI=1S/C15H19NO4S/c1-11-4-2-3-5-12(11)21-10-13(17)16-15(14(18)19)6-8-20-9-7-15/h2-5H,6-10H2,1H3,(H,16,17)(H,18,19). The Balaban J connectivity index is 1.94. The van der Waals surface area contributed by atoms with E-state index in [1.807, 2.05) is 31.2 Å². The first-order chi connectivity index (χ1) is 10.0. The monoisotopic (exact) mass is 309 g/mol. The molecule has 1 amide bonds. The molecule has 0 atom stereocenters. The van der Waals surface area contributed by atoms with Crippen molar-refractivity contribution in [2.75, 3.05) is 19.0 Å². The molecule has 1 aromatic rings. The van der Waals surface area contributed by atoms with Crippen molar-refractivity contribution in [1.29, 1.82) is 0 Å². The third-order valence-electron chi connectivity index (χ3n) is 3.59. The topological polar surface area (TPSA) is 75.6 Å². The fraction of sp³-hybridized carbons (Fsp3) is 0.467. The summed E-state index contributed by atoms with van der Waals surface area (Å²) < 4.78 is 5.18. The Kier molecular flexibility index (Phi) is 5.25. The van der Waals surface area contributed by atoms with Gasteiger partial charge < -0.3 is 15.2 Å². The highest BCUT2D eigenvalue weighted by atomic mass is 32.2. The number of thioether (sulfide) groups is 1. The molecule has 21 heavy (non-hydrogen) atoms. The molecule has 1 aliphatic heterocycles. The summed E-state index contributed by atoms with van der Waals surface area (Å²) in [6.45, 7) is 2.70. The van der Waals surface area contributed by atoms with Crippen molar-refractivity contribution in [2.24, 2.45) is 0 Å². The van der Waals surface area contributed by atoms with Gasteiger partial charge in [0.05, 0.1) is 5.75 Å². The van der Waals surface area contributed by atoms with Crippen molar-refractivity contribution in [3.8, 4) is 0 Å². The van der Waals surface area contributed by atoms with Crippen LogP contribution in [0.5, 0.6) is 0 Å². The lowest BCUT2D eigenvalue weighted by molar-refractivity contribution is -0.151. The summed E-state index contributed by atoms with van der Waals surface area (Å²) in [6.07, 6.45) is 0.617. The summed E-state index contributed by atoms with van der Waals surface area (Å²) >= 11 is 1.42. The van der Waals surface area contributed by atoms with E-state index in [1.54, 1.807) is 0 Å². The molecule has 0 aliphatic carbocycles. The van der Waals surface area contributed by atoms with Gasteiger partial charge in [-0.2, -0.15) is 0 Å². The summed E-state index contributed by atoms with van der Waals surface area (Å²) in [6, 6.07) is 7.80. The van der Waals surface area contributed by atoms with Gasteiger partial charge in [0.15, 0.2) is 0 Å². The lowest BCUT2D eigenvalue weighted by atomic mass is 9.90. The summed E-state index contributed by atoms with van der Waals surface area (Å²) in [5.74, 6) is -1.03. The molecule has 1 aromatic carbocycles. The van der Waals surface area contributed by atoms with Gasteiger partial charge >= 0.3 is 5.97 Å². The fourth-order valence-corrected chi connectivity index (χ4v) is 3.11. The average Bonchev–Trinajstić information content (AvgIpc) is 2.47. The zero-order valence-electron chi connectivity index (χ0n) is 11.9. The molecule has 0 unspecified atom stereocenters. The Morgan fingerprint density at radius 3 is 2.62 bits per heavy atom. The van der Waals surface area contributed by atoms with Gasteiger partial charge in [-0.25, -0.2) is 4.79 Å². The van der Waals surface area contributed by atoms with Crippen molar-refractivity contribution >= 4 is 23.6 Å². The first-order valence-electron chi connectivity index (χ1n) is 6.84. The Labute approximate surface area is 128 Å². The molecule has 0 aromatic heterocycles. The number of aryl methyl sites for hydroxylation is 1. The smallest absolute Gasteiger partial charge is 0.329 e. The highest BCUT2D eigenvalue weighted by molar-refractivity contribution is 8.00. The van der Waals surface area contributed by atoms with Gasteiger partial charge in [0.1, 0.15) is 5.54 Å². The summed E-state index contributed by atoms with van der Waals surface area (Å²) in [7, 11) is 0. The van der Waals surface area contributed by atoms with Gasteiger partial charge in [0.25, 0.3) is 0 Å². The molecule has 6 heteroatoms. The fourth-order valence-electron chi connectivity index (χ4n) is 2.28. The molecule has 0 radical (unpaired) electrons. The van der Waals surface area contributed by atoms with Crippen LogP contribution in [0, 0.1) is 6.92 Å². The summed E-state index contributed by atoms with van der Waals surface area (Å²) in [5.41, 5.74) is -0.0731. The maximum absolute atomic E-state index is 12.1. The van der Waals surface area contributed by atoms with E-state index in [4.69, 9.17) is 4.74 Å². The lowest BCUT2D eigenvalue weighted by Gasteiger charge is -2.33. The maximum atomic E-state index is 12.1.